The molecule has 0 bridgehead atoms. The fourth-order valence-corrected chi connectivity index (χ4v) is 2.33. The molecular formula is C14H14IN3O. The summed E-state index contributed by atoms with van der Waals surface area (Å²) >= 11 is 2.18. The van der Waals surface area contributed by atoms with Crippen molar-refractivity contribution in [2.45, 2.75) is 13.8 Å². The van der Waals surface area contributed by atoms with Crippen molar-refractivity contribution in [2.24, 2.45) is 0 Å². The van der Waals surface area contributed by atoms with Gasteiger partial charge in [-0.15, -0.1) is 0 Å². The van der Waals surface area contributed by atoms with Gasteiger partial charge >= 0.3 is 0 Å². The summed E-state index contributed by atoms with van der Waals surface area (Å²) in [5, 5.41) is 2.81. The molecule has 98 valence electrons. The maximum atomic E-state index is 12.2. The summed E-state index contributed by atoms with van der Waals surface area (Å²) in [6.07, 6.45) is 1.53. The lowest BCUT2D eigenvalue weighted by atomic mass is 10.1. The van der Waals surface area contributed by atoms with Crippen molar-refractivity contribution >= 4 is 40.0 Å². The van der Waals surface area contributed by atoms with E-state index in [1.165, 1.54) is 6.20 Å². The summed E-state index contributed by atoms with van der Waals surface area (Å²) in [5.41, 5.74) is 8.79. The monoisotopic (exact) mass is 367 g/mol. The Morgan fingerprint density at radius 1 is 1.32 bits per heavy atom. The highest BCUT2D eigenvalue weighted by molar-refractivity contribution is 14.1. The third-order valence-electron chi connectivity index (χ3n) is 2.77. The van der Waals surface area contributed by atoms with Gasteiger partial charge in [-0.05, 0) is 59.7 Å². The van der Waals surface area contributed by atoms with E-state index in [0.29, 0.717) is 17.1 Å². The summed E-state index contributed by atoms with van der Waals surface area (Å²) in [5.74, 6) is 0.380. The van der Waals surface area contributed by atoms with Gasteiger partial charge in [-0.2, -0.15) is 0 Å². The minimum atomic E-state index is -0.159. The molecule has 1 amide bonds. The van der Waals surface area contributed by atoms with Crippen LogP contribution < -0.4 is 11.1 Å². The van der Waals surface area contributed by atoms with Gasteiger partial charge in [0.15, 0.2) is 0 Å². The normalized spacial score (nSPS) is 10.3. The first-order valence-electron chi connectivity index (χ1n) is 5.77. The molecule has 5 heteroatoms. The lowest BCUT2D eigenvalue weighted by Crippen LogP contribution is -2.15. The number of carbonyl (C=O) groups excluding carboxylic acids is 1. The van der Waals surface area contributed by atoms with Crippen LogP contribution in [0, 0.1) is 17.4 Å². The average Bonchev–Trinajstić information content (AvgIpc) is 2.36. The average molecular weight is 367 g/mol. The number of aryl methyl sites for hydroxylation is 2. The minimum absolute atomic E-state index is 0.159. The molecule has 0 saturated carbocycles. The first-order chi connectivity index (χ1) is 8.99. The maximum Gasteiger partial charge on any atom is 0.257 e. The van der Waals surface area contributed by atoms with E-state index < -0.39 is 0 Å². The predicted octanol–water partition coefficient (Wildman–Crippen LogP) is 3.14. The lowest BCUT2D eigenvalue weighted by Gasteiger charge is -2.10. The lowest BCUT2D eigenvalue weighted by molar-refractivity contribution is 0.102. The summed E-state index contributed by atoms with van der Waals surface area (Å²) in [4.78, 5) is 16.4. The number of anilines is 2. The number of aromatic nitrogens is 1. The Bertz CT molecular complexity index is 641. The number of nitrogens with zero attached hydrogens (tertiary/aromatic N) is 1. The van der Waals surface area contributed by atoms with Crippen molar-refractivity contribution in [1.82, 2.24) is 4.98 Å². The number of nitrogens with two attached hydrogens (primary N) is 1. The zero-order valence-electron chi connectivity index (χ0n) is 10.7. The van der Waals surface area contributed by atoms with Crippen molar-refractivity contribution in [3.05, 3.63) is 50.7 Å². The Kier molecular flexibility index (Phi) is 4.04. The fourth-order valence-electron chi connectivity index (χ4n) is 1.73. The van der Waals surface area contributed by atoms with Gasteiger partial charge in [0.2, 0.25) is 0 Å². The number of halogens is 1. The molecule has 0 radical (unpaired) electrons. The Labute approximate surface area is 125 Å². The van der Waals surface area contributed by atoms with Gasteiger partial charge < -0.3 is 11.1 Å². The number of amides is 1. The number of pyridine rings is 1. The number of benzene rings is 1. The van der Waals surface area contributed by atoms with Crippen LogP contribution in [0.1, 0.15) is 21.5 Å². The van der Waals surface area contributed by atoms with Gasteiger partial charge in [0.05, 0.1) is 17.4 Å². The summed E-state index contributed by atoms with van der Waals surface area (Å²) < 4.78 is 0.950. The van der Waals surface area contributed by atoms with E-state index in [1.54, 1.807) is 12.1 Å². The van der Waals surface area contributed by atoms with E-state index in [0.717, 1.165) is 14.7 Å². The third kappa shape index (κ3) is 3.04. The molecule has 1 heterocycles. The molecule has 2 aromatic rings. The van der Waals surface area contributed by atoms with E-state index in [1.807, 2.05) is 26.0 Å². The van der Waals surface area contributed by atoms with Gasteiger partial charge in [0, 0.05) is 3.57 Å². The Balaban J connectivity index is 2.28. The molecule has 2 rings (SSSR count). The molecule has 1 aromatic carbocycles. The van der Waals surface area contributed by atoms with Crippen LogP contribution in [-0.2, 0) is 0 Å². The van der Waals surface area contributed by atoms with E-state index in [2.05, 4.69) is 32.9 Å². The second-order valence-electron chi connectivity index (χ2n) is 4.32. The minimum Gasteiger partial charge on any atom is -0.397 e. The highest BCUT2D eigenvalue weighted by Gasteiger charge is 2.13. The van der Waals surface area contributed by atoms with Crippen LogP contribution in [0.5, 0.6) is 0 Å². The van der Waals surface area contributed by atoms with Crippen LogP contribution in [-0.4, -0.2) is 10.9 Å². The van der Waals surface area contributed by atoms with Crippen LogP contribution in [0.25, 0.3) is 0 Å². The largest absolute Gasteiger partial charge is 0.397 e. The van der Waals surface area contributed by atoms with Crippen LogP contribution >= 0.6 is 22.6 Å². The van der Waals surface area contributed by atoms with Gasteiger partial charge in [-0.3, -0.25) is 4.79 Å². The molecule has 0 aliphatic rings. The van der Waals surface area contributed by atoms with Crippen LogP contribution in [0.3, 0.4) is 0 Å². The van der Waals surface area contributed by atoms with Gasteiger partial charge in [0.25, 0.3) is 5.91 Å². The van der Waals surface area contributed by atoms with Gasteiger partial charge in [0.1, 0.15) is 5.82 Å². The third-order valence-corrected chi connectivity index (χ3v) is 4.20. The first kappa shape index (κ1) is 13.8. The number of nitrogen functional groups attached to an aromatic ring is 1. The molecule has 0 unspecified atom stereocenters. The van der Waals surface area contributed by atoms with E-state index in [9.17, 15) is 4.79 Å². The quantitative estimate of drug-likeness (QED) is 0.802. The molecular weight excluding hydrogens is 353 g/mol. The predicted molar refractivity (Wildman–Crippen MR) is 85.2 cm³/mol. The summed E-state index contributed by atoms with van der Waals surface area (Å²) in [6, 6.07) is 7.43. The Morgan fingerprint density at radius 2 is 2.05 bits per heavy atom. The van der Waals surface area contributed by atoms with Crippen molar-refractivity contribution in [3.8, 4) is 0 Å². The van der Waals surface area contributed by atoms with Crippen molar-refractivity contribution < 1.29 is 4.79 Å². The number of hydrogen-bond donors (Lipinski definition) is 2. The summed E-state index contributed by atoms with van der Waals surface area (Å²) in [7, 11) is 0. The molecule has 0 atom stereocenters. The van der Waals surface area contributed by atoms with Crippen molar-refractivity contribution in [1.29, 1.82) is 0 Å². The highest BCUT2D eigenvalue weighted by atomic mass is 127. The zero-order valence-corrected chi connectivity index (χ0v) is 12.9. The second-order valence-corrected chi connectivity index (χ2v) is 5.40. The molecule has 0 aliphatic carbocycles. The molecule has 19 heavy (non-hydrogen) atoms. The molecule has 1 aromatic heterocycles. The number of carbonyl (C=O) groups is 1. The zero-order chi connectivity index (χ0) is 14.0. The van der Waals surface area contributed by atoms with Gasteiger partial charge in [-0.1, -0.05) is 12.1 Å². The van der Waals surface area contributed by atoms with Crippen LogP contribution in [0.2, 0.25) is 0 Å². The number of rotatable bonds is 2. The maximum absolute atomic E-state index is 12.2. The van der Waals surface area contributed by atoms with Crippen LogP contribution in [0.15, 0.2) is 30.5 Å². The van der Waals surface area contributed by atoms with Crippen molar-refractivity contribution in [2.75, 3.05) is 11.1 Å². The summed E-state index contributed by atoms with van der Waals surface area (Å²) in [6.45, 7) is 3.84. The van der Waals surface area contributed by atoms with Crippen molar-refractivity contribution in [3.63, 3.8) is 0 Å². The smallest absolute Gasteiger partial charge is 0.257 e. The topological polar surface area (TPSA) is 68.0 Å². The van der Waals surface area contributed by atoms with Gasteiger partial charge in [-0.25, -0.2) is 4.98 Å². The van der Waals surface area contributed by atoms with E-state index in [4.69, 9.17) is 5.73 Å². The number of hydrogen-bond acceptors (Lipinski definition) is 3. The van der Waals surface area contributed by atoms with Crippen LogP contribution in [0.4, 0.5) is 11.5 Å². The van der Waals surface area contributed by atoms with E-state index in [-0.39, 0.29) is 5.91 Å². The van der Waals surface area contributed by atoms with E-state index >= 15 is 0 Å². The molecule has 0 aliphatic heterocycles. The molecule has 4 nitrogen and oxygen atoms in total. The molecule has 0 fully saturated rings. The Hall–Kier alpha value is -1.63. The number of nitrogens with one attached hydrogen (secondary N) is 1. The fraction of sp³-hybridized carbons (Fsp3) is 0.143. The standard InChI is InChI=1S/C14H14IN3O/c1-8-4-3-5-11(12(8)15)14(19)18-13-9(2)6-10(16)7-17-13/h3-7H,16H2,1-2H3,(H,17,18,19). The first-order valence-corrected chi connectivity index (χ1v) is 6.85. The molecule has 0 saturated heterocycles. The molecule has 0 spiro atoms. The Morgan fingerprint density at radius 3 is 2.74 bits per heavy atom. The molecule has 3 N–H and O–H groups in total. The second kappa shape index (κ2) is 5.56. The highest BCUT2D eigenvalue weighted by Crippen LogP contribution is 2.19. The SMILES string of the molecule is Cc1cc(N)cnc1NC(=O)c1cccc(C)c1I.